The Balaban J connectivity index is 2.74. The van der Waals surface area contributed by atoms with Crippen LogP contribution in [-0.2, 0) is 20.0 Å². The molecule has 1 fully saturated rings. The predicted octanol–water partition coefficient (Wildman–Crippen LogP) is -1.01. The lowest BCUT2D eigenvalue weighted by Gasteiger charge is -2.10. The van der Waals surface area contributed by atoms with E-state index in [0.29, 0.717) is 4.08 Å². The Morgan fingerprint density at radius 2 is 2.20 bits per heavy atom. The Hall–Kier alpha value is 0.220. The maximum Gasteiger partial charge on any atom is 0.416 e. The zero-order valence-corrected chi connectivity index (χ0v) is 6.55. The fourth-order valence-corrected chi connectivity index (χ4v) is 2.28. The maximum atomic E-state index is 10.5. The average Bonchev–Trinajstić information content (AvgIpc) is 2.11. The van der Waals surface area contributed by atoms with Gasteiger partial charge in [-0.3, -0.25) is 4.18 Å². The molecule has 0 aromatic heterocycles. The lowest BCUT2D eigenvalue weighted by molar-refractivity contribution is 0.328. The SMILES string of the molecule is O=S1OCCN1P(=O)(O)O. The monoisotopic (exact) mass is 187 g/mol. The van der Waals surface area contributed by atoms with Crippen LogP contribution in [0.5, 0.6) is 0 Å². The lowest BCUT2D eigenvalue weighted by atomic mass is 10.8. The summed E-state index contributed by atoms with van der Waals surface area (Å²) in [6.45, 7) is 0.106. The van der Waals surface area contributed by atoms with Crippen molar-refractivity contribution in [3.05, 3.63) is 0 Å². The summed E-state index contributed by atoms with van der Waals surface area (Å²) in [6.07, 6.45) is 0. The molecule has 0 aromatic carbocycles. The lowest BCUT2D eigenvalue weighted by Crippen LogP contribution is -2.16. The third kappa shape index (κ3) is 1.63. The van der Waals surface area contributed by atoms with Gasteiger partial charge in [-0.2, -0.15) is 0 Å². The van der Waals surface area contributed by atoms with E-state index in [0.717, 1.165) is 0 Å². The zero-order valence-electron chi connectivity index (χ0n) is 4.84. The number of hydrogen-bond acceptors (Lipinski definition) is 3. The molecule has 1 atom stereocenters. The minimum Gasteiger partial charge on any atom is -0.312 e. The second kappa shape index (κ2) is 2.69. The van der Waals surface area contributed by atoms with Gasteiger partial charge in [0, 0.05) is 6.54 Å². The zero-order chi connectivity index (χ0) is 7.78. The van der Waals surface area contributed by atoms with Crippen LogP contribution >= 0.6 is 7.75 Å². The molecule has 2 N–H and O–H groups in total. The Bertz CT molecular complexity index is 200. The summed E-state index contributed by atoms with van der Waals surface area (Å²) in [5.41, 5.74) is 0. The summed E-state index contributed by atoms with van der Waals surface area (Å²) >= 11 is -1.96. The fourth-order valence-electron chi connectivity index (χ4n) is 0.539. The predicted molar refractivity (Wildman–Crippen MR) is 32.8 cm³/mol. The molecule has 6 nitrogen and oxygen atoms in total. The van der Waals surface area contributed by atoms with E-state index in [1.165, 1.54) is 0 Å². The standard InChI is InChI=1S/C2H6NO5PS/c4-9(5,6)3-1-2-8-10(3)7/h1-2H2,(H2,4,5,6). The molecule has 1 aliphatic rings. The number of rotatable bonds is 1. The van der Waals surface area contributed by atoms with Crippen molar-refractivity contribution >= 4 is 19.0 Å². The van der Waals surface area contributed by atoms with Gasteiger partial charge in [0.25, 0.3) is 0 Å². The van der Waals surface area contributed by atoms with Crippen molar-refractivity contribution in [3.8, 4) is 0 Å². The first-order valence-corrected chi connectivity index (χ1v) is 5.00. The first-order chi connectivity index (χ1) is 4.52. The third-order valence-corrected chi connectivity index (χ3v) is 3.64. The average molecular weight is 187 g/mol. The molecule has 0 radical (unpaired) electrons. The van der Waals surface area contributed by atoms with Gasteiger partial charge in [-0.05, 0) is 0 Å². The fraction of sp³-hybridized carbons (Fsp3) is 1.00. The van der Waals surface area contributed by atoms with Gasteiger partial charge in [-0.25, -0.2) is 8.77 Å². The van der Waals surface area contributed by atoms with Gasteiger partial charge in [0.15, 0.2) is 0 Å². The Morgan fingerprint density at radius 1 is 1.60 bits per heavy atom. The van der Waals surface area contributed by atoms with Gasteiger partial charge in [-0.1, -0.05) is 0 Å². The van der Waals surface area contributed by atoms with E-state index < -0.39 is 19.0 Å². The Morgan fingerprint density at radius 3 is 2.40 bits per heavy atom. The Kier molecular flexibility index (Phi) is 2.24. The highest BCUT2D eigenvalue weighted by Gasteiger charge is 2.35. The molecule has 0 spiro atoms. The van der Waals surface area contributed by atoms with E-state index in [4.69, 9.17) is 9.79 Å². The van der Waals surface area contributed by atoms with E-state index in [2.05, 4.69) is 4.18 Å². The van der Waals surface area contributed by atoms with Crippen LogP contribution < -0.4 is 0 Å². The topological polar surface area (TPSA) is 87.1 Å². The van der Waals surface area contributed by atoms with Crippen LogP contribution in [0.15, 0.2) is 0 Å². The van der Waals surface area contributed by atoms with Crippen molar-refractivity contribution in [2.45, 2.75) is 0 Å². The van der Waals surface area contributed by atoms with Crippen molar-refractivity contribution in [2.75, 3.05) is 13.2 Å². The van der Waals surface area contributed by atoms with E-state index in [-0.39, 0.29) is 13.2 Å². The summed E-state index contributed by atoms with van der Waals surface area (Å²) in [7, 11) is -4.36. The smallest absolute Gasteiger partial charge is 0.312 e. The second-order valence-electron chi connectivity index (χ2n) is 1.63. The van der Waals surface area contributed by atoms with Crippen molar-refractivity contribution in [3.63, 3.8) is 0 Å². The van der Waals surface area contributed by atoms with Gasteiger partial charge in [-0.15, -0.1) is 4.08 Å². The van der Waals surface area contributed by atoms with E-state index in [9.17, 15) is 8.77 Å². The minimum atomic E-state index is -4.36. The van der Waals surface area contributed by atoms with Crippen molar-refractivity contribution in [2.24, 2.45) is 0 Å². The van der Waals surface area contributed by atoms with Crippen LogP contribution in [0, 0.1) is 0 Å². The summed E-state index contributed by atoms with van der Waals surface area (Å²) < 4.78 is 25.8. The van der Waals surface area contributed by atoms with Crippen LogP contribution in [0.4, 0.5) is 0 Å². The second-order valence-corrected chi connectivity index (χ2v) is 4.52. The molecule has 0 aliphatic carbocycles. The molecule has 1 aliphatic heterocycles. The molecule has 1 unspecified atom stereocenters. The largest absolute Gasteiger partial charge is 0.416 e. The van der Waals surface area contributed by atoms with Crippen LogP contribution in [0.1, 0.15) is 0 Å². The van der Waals surface area contributed by atoms with Gasteiger partial charge in [0.05, 0.1) is 6.61 Å². The van der Waals surface area contributed by atoms with Crippen molar-refractivity contribution in [1.82, 2.24) is 4.08 Å². The van der Waals surface area contributed by atoms with E-state index in [1.54, 1.807) is 0 Å². The van der Waals surface area contributed by atoms with Crippen LogP contribution in [0.25, 0.3) is 0 Å². The van der Waals surface area contributed by atoms with E-state index in [1.807, 2.05) is 0 Å². The molecule has 1 heterocycles. The minimum absolute atomic E-state index is 0.0108. The summed E-state index contributed by atoms with van der Waals surface area (Å²) in [5, 5.41) is 0. The summed E-state index contributed by atoms with van der Waals surface area (Å²) in [4.78, 5) is 16.9. The summed E-state index contributed by atoms with van der Waals surface area (Å²) in [6, 6.07) is 0. The van der Waals surface area contributed by atoms with Gasteiger partial charge in [0.2, 0.25) is 11.3 Å². The molecule has 8 heteroatoms. The normalized spacial score (nSPS) is 29.2. The molecule has 60 valence electrons. The first kappa shape index (κ1) is 8.32. The molecular weight excluding hydrogens is 181 g/mol. The molecule has 0 amide bonds. The van der Waals surface area contributed by atoms with Crippen LogP contribution in [0.3, 0.4) is 0 Å². The molecule has 10 heavy (non-hydrogen) atoms. The third-order valence-electron chi connectivity index (χ3n) is 0.929. The van der Waals surface area contributed by atoms with Gasteiger partial charge >= 0.3 is 7.75 Å². The van der Waals surface area contributed by atoms with E-state index >= 15 is 0 Å². The summed E-state index contributed by atoms with van der Waals surface area (Å²) in [5.74, 6) is 0. The molecule has 0 saturated carbocycles. The first-order valence-electron chi connectivity index (χ1n) is 2.40. The number of nitrogens with zero attached hydrogens (tertiary/aromatic N) is 1. The van der Waals surface area contributed by atoms with Gasteiger partial charge in [0.1, 0.15) is 0 Å². The molecular formula is C2H6NO5PS. The molecule has 0 aromatic rings. The molecule has 0 bridgehead atoms. The number of hydrogen-bond donors (Lipinski definition) is 2. The van der Waals surface area contributed by atoms with Crippen LogP contribution in [0.2, 0.25) is 0 Å². The Labute approximate surface area is 59.8 Å². The van der Waals surface area contributed by atoms with Gasteiger partial charge < -0.3 is 9.79 Å². The maximum absolute atomic E-state index is 10.5. The highest BCUT2D eigenvalue weighted by molar-refractivity contribution is 7.84. The highest BCUT2D eigenvalue weighted by Crippen LogP contribution is 2.42. The highest BCUT2D eigenvalue weighted by atomic mass is 32.2. The molecule has 1 rings (SSSR count). The molecule has 1 saturated heterocycles. The van der Waals surface area contributed by atoms with Crippen LogP contribution in [-0.4, -0.2) is 31.2 Å². The van der Waals surface area contributed by atoms with Crippen molar-refractivity contribution < 1.29 is 22.7 Å². The quantitative estimate of drug-likeness (QED) is 0.513. The van der Waals surface area contributed by atoms with Crippen molar-refractivity contribution in [1.29, 1.82) is 0 Å².